The molecule has 0 fully saturated rings. The summed E-state index contributed by atoms with van der Waals surface area (Å²) in [6.07, 6.45) is 2.18. The molecule has 16 heavy (non-hydrogen) atoms. The number of rotatable bonds is 5. The first kappa shape index (κ1) is 12.6. The van der Waals surface area contributed by atoms with E-state index >= 15 is 0 Å². The van der Waals surface area contributed by atoms with Crippen LogP contribution in [0.5, 0.6) is 0 Å². The lowest BCUT2D eigenvalue weighted by molar-refractivity contribution is -0.123. The van der Waals surface area contributed by atoms with Crippen molar-refractivity contribution in [2.45, 2.75) is 12.1 Å². The summed E-state index contributed by atoms with van der Waals surface area (Å²) in [6.45, 7) is -0.425. The molecule has 1 aromatic rings. The van der Waals surface area contributed by atoms with Gasteiger partial charge in [0, 0.05) is 25.4 Å². The van der Waals surface area contributed by atoms with E-state index < -0.39 is 24.7 Å². The maximum absolute atomic E-state index is 11.5. The molecule has 0 saturated carbocycles. The van der Waals surface area contributed by atoms with Gasteiger partial charge in [-0.25, -0.2) is 0 Å². The SMILES string of the molecule is Cn1cc(C(N)C(=O)NCC(O)CO)cn1. The Balaban J connectivity index is 2.48. The largest absolute Gasteiger partial charge is 0.394 e. The molecular weight excluding hydrogens is 212 g/mol. The van der Waals surface area contributed by atoms with E-state index in [0.717, 1.165) is 0 Å². The average molecular weight is 228 g/mol. The third-order valence-electron chi connectivity index (χ3n) is 2.09. The van der Waals surface area contributed by atoms with Gasteiger partial charge in [0.2, 0.25) is 5.91 Å². The van der Waals surface area contributed by atoms with E-state index in [1.807, 2.05) is 0 Å². The summed E-state index contributed by atoms with van der Waals surface area (Å²) in [6, 6.07) is -0.820. The highest BCUT2D eigenvalue weighted by Gasteiger charge is 2.17. The molecule has 0 bridgehead atoms. The number of aliphatic hydroxyl groups is 2. The number of hydrogen-bond acceptors (Lipinski definition) is 5. The van der Waals surface area contributed by atoms with Crippen molar-refractivity contribution in [3.8, 4) is 0 Å². The summed E-state index contributed by atoms with van der Waals surface area (Å²) in [5.74, 6) is -0.416. The van der Waals surface area contributed by atoms with Crippen LogP contribution in [-0.4, -0.2) is 45.2 Å². The van der Waals surface area contributed by atoms with Crippen LogP contribution in [0.4, 0.5) is 0 Å². The first-order valence-electron chi connectivity index (χ1n) is 4.85. The topological polar surface area (TPSA) is 113 Å². The van der Waals surface area contributed by atoms with Crippen LogP contribution < -0.4 is 11.1 Å². The van der Waals surface area contributed by atoms with Crippen LogP contribution in [-0.2, 0) is 11.8 Å². The maximum atomic E-state index is 11.5. The first-order valence-corrected chi connectivity index (χ1v) is 4.85. The van der Waals surface area contributed by atoms with Crippen LogP contribution in [0.2, 0.25) is 0 Å². The Hall–Kier alpha value is -1.44. The molecule has 1 amide bonds. The van der Waals surface area contributed by atoms with Crippen molar-refractivity contribution < 1.29 is 15.0 Å². The van der Waals surface area contributed by atoms with E-state index in [1.54, 1.807) is 17.9 Å². The Kier molecular flexibility index (Phi) is 4.41. The smallest absolute Gasteiger partial charge is 0.241 e. The summed E-state index contributed by atoms with van der Waals surface area (Å²) in [5.41, 5.74) is 6.27. The molecule has 0 aliphatic heterocycles. The summed E-state index contributed by atoms with van der Waals surface area (Å²) >= 11 is 0. The van der Waals surface area contributed by atoms with E-state index in [2.05, 4.69) is 10.4 Å². The van der Waals surface area contributed by atoms with Crippen LogP contribution in [0.1, 0.15) is 11.6 Å². The van der Waals surface area contributed by atoms with Gasteiger partial charge in [-0.1, -0.05) is 0 Å². The fourth-order valence-electron chi connectivity index (χ4n) is 1.15. The average Bonchev–Trinajstić information content (AvgIpc) is 2.71. The Morgan fingerprint density at radius 2 is 2.44 bits per heavy atom. The predicted molar refractivity (Wildman–Crippen MR) is 56.2 cm³/mol. The molecule has 1 aromatic heterocycles. The van der Waals surface area contributed by atoms with Gasteiger partial charge in [0.1, 0.15) is 6.04 Å². The molecule has 7 heteroatoms. The number of nitrogens with two attached hydrogens (primary N) is 1. The first-order chi connectivity index (χ1) is 7.54. The van der Waals surface area contributed by atoms with Crippen LogP contribution in [0.3, 0.4) is 0 Å². The third kappa shape index (κ3) is 3.30. The molecule has 1 heterocycles. The van der Waals surface area contributed by atoms with Gasteiger partial charge in [0.15, 0.2) is 0 Å². The van der Waals surface area contributed by atoms with Gasteiger partial charge in [-0.05, 0) is 0 Å². The zero-order valence-electron chi connectivity index (χ0n) is 9.00. The summed E-state index contributed by atoms with van der Waals surface area (Å²) < 4.78 is 1.55. The molecule has 2 unspecified atom stereocenters. The Labute approximate surface area is 92.9 Å². The number of nitrogens with zero attached hydrogens (tertiary/aromatic N) is 2. The second kappa shape index (κ2) is 5.59. The number of aryl methyl sites for hydroxylation is 1. The molecule has 90 valence electrons. The summed E-state index contributed by atoms with van der Waals surface area (Å²) in [7, 11) is 1.73. The van der Waals surface area contributed by atoms with Crippen molar-refractivity contribution >= 4 is 5.91 Å². The van der Waals surface area contributed by atoms with Crippen molar-refractivity contribution in [3.05, 3.63) is 18.0 Å². The van der Waals surface area contributed by atoms with Crippen molar-refractivity contribution in [2.75, 3.05) is 13.2 Å². The van der Waals surface area contributed by atoms with Gasteiger partial charge < -0.3 is 21.3 Å². The van der Waals surface area contributed by atoms with Crippen molar-refractivity contribution in [3.63, 3.8) is 0 Å². The molecule has 2 atom stereocenters. The van der Waals surface area contributed by atoms with E-state index in [9.17, 15) is 4.79 Å². The lowest BCUT2D eigenvalue weighted by Crippen LogP contribution is -2.39. The maximum Gasteiger partial charge on any atom is 0.241 e. The number of aliphatic hydroxyl groups excluding tert-OH is 2. The Morgan fingerprint density at radius 1 is 1.75 bits per heavy atom. The molecule has 0 spiro atoms. The van der Waals surface area contributed by atoms with Crippen LogP contribution in [0, 0.1) is 0 Å². The minimum absolute atomic E-state index is 0.0245. The number of nitrogens with one attached hydrogen (secondary N) is 1. The number of hydrogen-bond donors (Lipinski definition) is 4. The lowest BCUT2D eigenvalue weighted by atomic mass is 10.1. The predicted octanol–water partition coefficient (Wildman–Crippen LogP) is -2.11. The van der Waals surface area contributed by atoms with Gasteiger partial charge in [-0.3, -0.25) is 9.48 Å². The molecule has 0 aliphatic carbocycles. The zero-order valence-corrected chi connectivity index (χ0v) is 9.00. The number of aromatic nitrogens is 2. The highest BCUT2D eigenvalue weighted by molar-refractivity contribution is 5.82. The molecule has 0 radical (unpaired) electrons. The Bertz CT molecular complexity index is 352. The monoisotopic (exact) mass is 228 g/mol. The molecular formula is C9H16N4O3. The zero-order chi connectivity index (χ0) is 12.1. The Morgan fingerprint density at radius 3 is 2.94 bits per heavy atom. The van der Waals surface area contributed by atoms with Gasteiger partial charge in [0.25, 0.3) is 0 Å². The fourth-order valence-corrected chi connectivity index (χ4v) is 1.15. The molecule has 0 aliphatic rings. The fraction of sp³-hybridized carbons (Fsp3) is 0.556. The van der Waals surface area contributed by atoms with E-state index in [1.165, 1.54) is 6.20 Å². The quantitative estimate of drug-likeness (QED) is 0.460. The highest BCUT2D eigenvalue weighted by atomic mass is 16.3. The standard InChI is InChI=1S/C9H16N4O3/c1-13-4-6(2-12-13)8(10)9(16)11-3-7(15)5-14/h2,4,7-8,14-15H,3,5,10H2,1H3,(H,11,16). The molecule has 1 rings (SSSR count). The minimum Gasteiger partial charge on any atom is -0.394 e. The van der Waals surface area contributed by atoms with Crippen LogP contribution >= 0.6 is 0 Å². The van der Waals surface area contributed by atoms with Crippen LogP contribution in [0.15, 0.2) is 12.4 Å². The van der Waals surface area contributed by atoms with Gasteiger partial charge in [0.05, 0.1) is 18.9 Å². The van der Waals surface area contributed by atoms with Crippen molar-refractivity contribution in [1.82, 2.24) is 15.1 Å². The van der Waals surface area contributed by atoms with Crippen molar-refractivity contribution in [2.24, 2.45) is 12.8 Å². The van der Waals surface area contributed by atoms with Gasteiger partial charge >= 0.3 is 0 Å². The molecule has 5 N–H and O–H groups in total. The number of carbonyl (C=O) groups excluding carboxylic acids is 1. The molecule has 7 nitrogen and oxygen atoms in total. The van der Waals surface area contributed by atoms with E-state index in [4.69, 9.17) is 15.9 Å². The highest BCUT2D eigenvalue weighted by Crippen LogP contribution is 2.07. The second-order valence-corrected chi connectivity index (χ2v) is 3.51. The minimum atomic E-state index is -0.968. The summed E-state index contributed by atoms with van der Waals surface area (Å²) in [5, 5.41) is 23.9. The number of amides is 1. The van der Waals surface area contributed by atoms with E-state index in [-0.39, 0.29) is 6.54 Å². The molecule has 0 aromatic carbocycles. The number of carbonyl (C=O) groups is 1. The lowest BCUT2D eigenvalue weighted by Gasteiger charge is -2.12. The summed E-state index contributed by atoms with van der Waals surface area (Å²) in [4.78, 5) is 11.5. The van der Waals surface area contributed by atoms with Crippen LogP contribution in [0.25, 0.3) is 0 Å². The second-order valence-electron chi connectivity index (χ2n) is 3.51. The van der Waals surface area contributed by atoms with E-state index in [0.29, 0.717) is 5.56 Å². The normalized spacial score (nSPS) is 14.5. The molecule has 0 saturated heterocycles. The van der Waals surface area contributed by atoms with Gasteiger partial charge in [-0.15, -0.1) is 0 Å². The third-order valence-corrected chi connectivity index (χ3v) is 2.09. The van der Waals surface area contributed by atoms with Gasteiger partial charge in [-0.2, -0.15) is 5.10 Å². The van der Waals surface area contributed by atoms with Crippen molar-refractivity contribution in [1.29, 1.82) is 0 Å².